The van der Waals surface area contributed by atoms with Crippen LogP contribution < -0.4 is 11.2 Å². The lowest BCUT2D eigenvalue weighted by Crippen LogP contribution is -2.49. The van der Waals surface area contributed by atoms with Gasteiger partial charge < -0.3 is 25.9 Å². The molecule has 0 unspecified atom stereocenters. The van der Waals surface area contributed by atoms with E-state index in [-0.39, 0.29) is 0 Å². The molecular weight excluding hydrogens is 291 g/mol. The third-order valence-electron chi connectivity index (χ3n) is 4.10. The molecule has 0 atom stereocenters. The number of aromatic amines is 1. The number of nitrogens with zero attached hydrogens (tertiary/aromatic N) is 1. The molecule has 0 aliphatic rings. The van der Waals surface area contributed by atoms with Crippen LogP contribution >= 0.6 is 0 Å². The van der Waals surface area contributed by atoms with Gasteiger partial charge in [0.15, 0.2) is 0 Å². The molecule has 0 aliphatic carbocycles. The number of H-pyrrole nitrogens is 1. The SMILES string of the molecule is CC(C)(O)C(C)(C)O[B]c1cnc2[nH]c(/C(C=N)=C/N)cc2c1. The molecule has 121 valence electrons. The van der Waals surface area contributed by atoms with E-state index < -0.39 is 11.2 Å². The number of fused-ring (bicyclic) bond motifs is 1. The Bertz CT molecular complexity index is 744. The summed E-state index contributed by atoms with van der Waals surface area (Å²) in [5, 5.41) is 18.3. The highest BCUT2D eigenvalue weighted by Crippen LogP contribution is 2.24. The largest absolute Gasteiger partial charge is 0.427 e. The van der Waals surface area contributed by atoms with E-state index in [9.17, 15) is 5.11 Å². The van der Waals surface area contributed by atoms with Crippen molar-refractivity contribution in [1.29, 1.82) is 5.41 Å². The lowest BCUT2D eigenvalue weighted by atomic mass is 9.83. The molecule has 2 heterocycles. The molecule has 0 spiro atoms. The van der Waals surface area contributed by atoms with Crippen LogP contribution in [-0.2, 0) is 4.65 Å². The van der Waals surface area contributed by atoms with E-state index in [1.165, 1.54) is 12.4 Å². The summed E-state index contributed by atoms with van der Waals surface area (Å²) in [6.07, 6.45) is 4.24. The van der Waals surface area contributed by atoms with Crippen molar-refractivity contribution >= 4 is 35.8 Å². The fourth-order valence-corrected chi connectivity index (χ4v) is 1.83. The molecule has 2 rings (SSSR count). The topological polar surface area (TPSA) is 108 Å². The highest BCUT2D eigenvalue weighted by Gasteiger charge is 2.35. The number of hydrogen-bond donors (Lipinski definition) is 4. The Morgan fingerprint density at radius 3 is 2.65 bits per heavy atom. The first-order valence-corrected chi connectivity index (χ1v) is 7.33. The predicted molar refractivity (Wildman–Crippen MR) is 93.9 cm³/mol. The quantitative estimate of drug-likeness (QED) is 0.476. The van der Waals surface area contributed by atoms with Crippen LogP contribution in [0.4, 0.5) is 0 Å². The van der Waals surface area contributed by atoms with Gasteiger partial charge in [-0.1, -0.05) is 6.07 Å². The highest BCUT2D eigenvalue weighted by molar-refractivity contribution is 6.47. The molecule has 0 saturated heterocycles. The van der Waals surface area contributed by atoms with Gasteiger partial charge in [0.05, 0.1) is 16.9 Å². The second-order valence-corrected chi connectivity index (χ2v) is 6.46. The van der Waals surface area contributed by atoms with Crippen LogP contribution in [0.15, 0.2) is 24.5 Å². The van der Waals surface area contributed by atoms with Crippen LogP contribution in [0.3, 0.4) is 0 Å². The van der Waals surface area contributed by atoms with Crippen molar-refractivity contribution in [3.63, 3.8) is 0 Å². The Kier molecular flexibility index (Phi) is 4.63. The first-order valence-electron chi connectivity index (χ1n) is 7.33. The lowest BCUT2D eigenvalue weighted by molar-refractivity contribution is -0.0893. The fourth-order valence-electron chi connectivity index (χ4n) is 1.83. The summed E-state index contributed by atoms with van der Waals surface area (Å²) in [7, 11) is 1.59. The van der Waals surface area contributed by atoms with Gasteiger partial charge in [-0.25, -0.2) is 4.98 Å². The van der Waals surface area contributed by atoms with Gasteiger partial charge in [-0.3, -0.25) is 0 Å². The van der Waals surface area contributed by atoms with Crippen LogP contribution in [-0.4, -0.2) is 40.0 Å². The number of hydrogen-bond acceptors (Lipinski definition) is 5. The summed E-state index contributed by atoms with van der Waals surface area (Å²) >= 11 is 0. The first-order chi connectivity index (χ1) is 10.7. The van der Waals surface area contributed by atoms with Crippen LogP contribution in [0.1, 0.15) is 33.4 Å². The second kappa shape index (κ2) is 6.18. The molecule has 0 fully saturated rings. The maximum atomic E-state index is 10.1. The smallest absolute Gasteiger partial charge is 0.332 e. The monoisotopic (exact) mass is 313 g/mol. The zero-order valence-electron chi connectivity index (χ0n) is 13.8. The molecule has 6 nitrogen and oxygen atoms in total. The van der Waals surface area contributed by atoms with Crippen LogP contribution in [0.25, 0.3) is 16.6 Å². The van der Waals surface area contributed by atoms with E-state index in [0.717, 1.165) is 16.5 Å². The zero-order valence-corrected chi connectivity index (χ0v) is 13.8. The Morgan fingerprint density at radius 2 is 2.09 bits per heavy atom. The van der Waals surface area contributed by atoms with Crippen LogP contribution in [0, 0.1) is 5.41 Å². The normalized spacial score (nSPS) is 13.3. The lowest BCUT2D eigenvalue weighted by Gasteiger charge is -2.37. The van der Waals surface area contributed by atoms with Crippen molar-refractivity contribution < 1.29 is 9.76 Å². The molecule has 0 amide bonds. The maximum Gasteiger partial charge on any atom is 0.332 e. The summed E-state index contributed by atoms with van der Waals surface area (Å²) in [5.74, 6) is 0. The summed E-state index contributed by atoms with van der Waals surface area (Å²) in [6.45, 7) is 7.07. The Hall–Kier alpha value is -2.12. The third kappa shape index (κ3) is 3.63. The van der Waals surface area contributed by atoms with Gasteiger partial charge in [0.2, 0.25) is 0 Å². The van der Waals surface area contributed by atoms with Crippen molar-refractivity contribution in [2.75, 3.05) is 0 Å². The van der Waals surface area contributed by atoms with E-state index in [1.54, 1.807) is 27.5 Å². The van der Waals surface area contributed by atoms with E-state index in [1.807, 2.05) is 26.0 Å². The summed E-state index contributed by atoms with van der Waals surface area (Å²) in [6, 6.07) is 3.80. The summed E-state index contributed by atoms with van der Waals surface area (Å²) in [5.41, 5.74) is 6.61. The molecule has 7 heteroatoms. The van der Waals surface area contributed by atoms with Crippen molar-refractivity contribution in [2.45, 2.75) is 38.9 Å². The van der Waals surface area contributed by atoms with Gasteiger partial charge >= 0.3 is 7.48 Å². The number of aromatic nitrogens is 2. The van der Waals surface area contributed by atoms with Crippen LogP contribution in [0.2, 0.25) is 0 Å². The number of aliphatic hydroxyl groups is 1. The first kappa shape index (κ1) is 17.2. The van der Waals surface area contributed by atoms with Crippen molar-refractivity contribution in [3.05, 3.63) is 30.2 Å². The van der Waals surface area contributed by atoms with Gasteiger partial charge in [0.1, 0.15) is 5.65 Å². The van der Waals surface area contributed by atoms with Gasteiger partial charge in [0.25, 0.3) is 0 Å². The molecule has 0 bridgehead atoms. The second-order valence-electron chi connectivity index (χ2n) is 6.46. The Balaban J connectivity index is 2.22. The molecule has 2 aromatic rings. The van der Waals surface area contributed by atoms with Crippen molar-refractivity contribution in [1.82, 2.24) is 9.97 Å². The number of nitrogens with two attached hydrogens (primary N) is 1. The van der Waals surface area contributed by atoms with Gasteiger partial charge in [-0.05, 0) is 39.2 Å². The predicted octanol–water partition coefficient (Wildman–Crippen LogP) is 1.32. The minimum absolute atomic E-state index is 0.591. The summed E-state index contributed by atoms with van der Waals surface area (Å²) in [4.78, 5) is 7.46. The molecule has 23 heavy (non-hydrogen) atoms. The van der Waals surface area contributed by atoms with Gasteiger partial charge in [-0.2, -0.15) is 0 Å². The molecule has 0 aliphatic heterocycles. The van der Waals surface area contributed by atoms with Crippen LogP contribution in [0.5, 0.6) is 0 Å². The van der Waals surface area contributed by atoms with Crippen molar-refractivity contribution in [2.24, 2.45) is 5.73 Å². The molecule has 0 saturated carbocycles. The number of rotatable bonds is 6. The van der Waals surface area contributed by atoms with E-state index >= 15 is 0 Å². The highest BCUT2D eigenvalue weighted by atomic mass is 16.5. The third-order valence-corrected chi connectivity index (χ3v) is 4.10. The van der Waals surface area contributed by atoms with E-state index in [0.29, 0.717) is 11.2 Å². The van der Waals surface area contributed by atoms with Gasteiger partial charge in [0, 0.05) is 29.6 Å². The minimum atomic E-state index is -0.979. The molecular formula is C16H22BN4O2. The maximum absolute atomic E-state index is 10.1. The molecule has 1 radical (unpaired) electrons. The molecule has 0 aromatic carbocycles. The minimum Gasteiger partial charge on any atom is -0.427 e. The average molecular weight is 313 g/mol. The summed E-state index contributed by atoms with van der Waals surface area (Å²) < 4.78 is 5.73. The van der Waals surface area contributed by atoms with Gasteiger partial charge in [-0.15, -0.1) is 0 Å². The zero-order chi connectivity index (χ0) is 17.3. The fraction of sp³-hybridized carbons (Fsp3) is 0.375. The van der Waals surface area contributed by atoms with E-state index in [2.05, 4.69) is 9.97 Å². The Labute approximate surface area is 136 Å². The number of allylic oxidation sites excluding steroid dienone is 1. The van der Waals surface area contributed by atoms with E-state index in [4.69, 9.17) is 15.8 Å². The Morgan fingerprint density at radius 1 is 1.39 bits per heavy atom. The molecule has 2 aromatic heterocycles. The number of nitrogens with one attached hydrogen (secondary N) is 2. The number of pyridine rings is 1. The molecule has 5 N–H and O–H groups in total. The van der Waals surface area contributed by atoms with Crippen molar-refractivity contribution in [3.8, 4) is 0 Å². The standard InChI is InChI=1S/C16H22BN4O2/c1-15(2,22)16(3,4)23-17-12-5-10-6-13(11(7-18)8-19)21-14(10)20-9-12/h5-9,18,22H,19H2,1-4H3,(H,20,21)/b11-8+,18-7?. The average Bonchev–Trinajstić information content (AvgIpc) is 2.88.